The van der Waals surface area contributed by atoms with E-state index in [4.69, 9.17) is 9.97 Å². The van der Waals surface area contributed by atoms with Gasteiger partial charge in [0.15, 0.2) is 0 Å². The van der Waals surface area contributed by atoms with Crippen molar-refractivity contribution in [2.24, 2.45) is 0 Å². The Morgan fingerprint density at radius 3 is 1.38 bits per heavy atom. The molecule has 6 aromatic rings. The highest BCUT2D eigenvalue weighted by atomic mass is 14.9. The molecule has 0 atom stereocenters. The fraction of sp³-hybridized carbons (Fsp3) is 0. The molecule has 0 saturated carbocycles. The molecular weight excluding hydrogens is 420 g/mol. The van der Waals surface area contributed by atoms with Crippen molar-refractivity contribution in [3.8, 4) is 46.0 Å². The monoisotopic (exact) mass is 436 g/mol. The summed E-state index contributed by atoms with van der Waals surface area (Å²) in [5.74, 6) is 1.35. The van der Waals surface area contributed by atoms with Crippen LogP contribution in [0.5, 0.6) is 0 Å². The zero-order valence-electron chi connectivity index (χ0n) is 17.9. The Morgan fingerprint density at radius 2 is 0.971 bits per heavy atom. The van der Waals surface area contributed by atoms with Gasteiger partial charge < -0.3 is 9.97 Å². The highest BCUT2D eigenvalue weighted by molar-refractivity contribution is 5.93. The number of hydrogen-bond donors (Lipinski definition) is 2. The molecule has 0 spiro atoms. The van der Waals surface area contributed by atoms with Gasteiger partial charge in [-0.25, -0.2) is 9.97 Å². The fourth-order valence-electron chi connectivity index (χ4n) is 4.25. The fourth-order valence-corrected chi connectivity index (χ4v) is 4.25. The Balaban J connectivity index is 1.62. The van der Waals surface area contributed by atoms with E-state index < -0.39 is 0 Å². The minimum Gasteiger partial charge on any atom is -0.338 e. The number of H-pyrrole nitrogens is 2. The third-order valence-corrected chi connectivity index (χ3v) is 5.88. The van der Waals surface area contributed by atoms with E-state index in [-0.39, 0.29) is 0 Å². The van der Waals surface area contributed by atoms with Crippen molar-refractivity contribution in [2.75, 3.05) is 0 Å². The van der Waals surface area contributed by atoms with E-state index in [2.05, 4.69) is 22.1 Å². The Morgan fingerprint density at radius 1 is 0.529 bits per heavy atom. The molecule has 34 heavy (non-hydrogen) atoms. The standard InChI is InChI=1S/C28H16N6/c29-15-17-9-11-19(21(13-17)27-31-23-5-1-2-6-24(23)32-27)20-12-10-18(16-30)14-22(20)28-33-25-7-3-4-8-26(25)34-28/h1-14H,(H,31,32)(H,33,34). The first-order valence-corrected chi connectivity index (χ1v) is 10.7. The van der Waals surface area contributed by atoms with Gasteiger partial charge in [0.2, 0.25) is 0 Å². The molecule has 2 N–H and O–H groups in total. The minimum atomic E-state index is 0.540. The van der Waals surface area contributed by atoms with E-state index >= 15 is 0 Å². The summed E-state index contributed by atoms with van der Waals surface area (Å²) in [6.07, 6.45) is 0. The van der Waals surface area contributed by atoms with Crippen molar-refractivity contribution < 1.29 is 0 Å². The molecule has 0 bridgehead atoms. The number of nitriles is 2. The molecule has 0 saturated heterocycles. The van der Waals surface area contributed by atoms with Gasteiger partial charge in [0, 0.05) is 11.1 Å². The second kappa shape index (κ2) is 7.74. The van der Waals surface area contributed by atoms with Crippen LogP contribution in [-0.4, -0.2) is 19.9 Å². The average molecular weight is 436 g/mol. The van der Waals surface area contributed by atoms with Gasteiger partial charge in [0.25, 0.3) is 0 Å². The van der Waals surface area contributed by atoms with Crippen LogP contribution in [0.3, 0.4) is 0 Å². The molecule has 2 heterocycles. The van der Waals surface area contributed by atoms with E-state index in [9.17, 15) is 10.5 Å². The van der Waals surface area contributed by atoms with Crippen molar-refractivity contribution in [3.63, 3.8) is 0 Å². The number of hydrogen-bond acceptors (Lipinski definition) is 4. The Hall–Kier alpha value is -5.20. The molecule has 0 radical (unpaired) electrons. The van der Waals surface area contributed by atoms with Crippen LogP contribution >= 0.6 is 0 Å². The molecule has 0 amide bonds. The Kier molecular flexibility index (Phi) is 4.43. The van der Waals surface area contributed by atoms with Gasteiger partial charge >= 0.3 is 0 Å². The molecule has 2 aromatic heterocycles. The van der Waals surface area contributed by atoms with Crippen molar-refractivity contribution in [1.29, 1.82) is 10.5 Å². The number of benzene rings is 4. The lowest BCUT2D eigenvalue weighted by molar-refractivity contribution is 1.32. The van der Waals surface area contributed by atoms with Gasteiger partial charge in [0.05, 0.1) is 45.3 Å². The second-order valence-electron chi connectivity index (χ2n) is 7.95. The van der Waals surface area contributed by atoms with Crippen LogP contribution in [-0.2, 0) is 0 Å². The first kappa shape index (κ1) is 19.5. The number of para-hydroxylation sites is 4. The average Bonchev–Trinajstić information content (AvgIpc) is 3.52. The van der Waals surface area contributed by atoms with Crippen molar-refractivity contribution in [2.45, 2.75) is 0 Å². The summed E-state index contributed by atoms with van der Waals surface area (Å²) in [5.41, 5.74) is 8.00. The van der Waals surface area contributed by atoms with Crippen molar-refractivity contribution >= 4 is 22.1 Å². The number of rotatable bonds is 3. The van der Waals surface area contributed by atoms with Crippen LogP contribution in [0.15, 0.2) is 84.9 Å². The molecule has 158 valence electrons. The zero-order chi connectivity index (χ0) is 23.1. The van der Waals surface area contributed by atoms with Gasteiger partial charge in [-0.3, -0.25) is 0 Å². The smallest absolute Gasteiger partial charge is 0.139 e. The van der Waals surface area contributed by atoms with Crippen LogP contribution < -0.4 is 0 Å². The lowest BCUT2D eigenvalue weighted by Crippen LogP contribution is -1.93. The van der Waals surface area contributed by atoms with Crippen LogP contribution in [0.25, 0.3) is 56.0 Å². The molecule has 0 fully saturated rings. The van der Waals surface area contributed by atoms with Gasteiger partial charge in [-0.15, -0.1) is 0 Å². The molecule has 0 aliphatic carbocycles. The predicted octanol–water partition coefficient (Wildman–Crippen LogP) is 6.18. The summed E-state index contributed by atoms with van der Waals surface area (Å²) in [4.78, 5) is 16.3. The summed E-state index contributed by atoms with van der Waals surface area (Å²) in [5, 5.41) is 19.1. The maximum atomic E-state index is 9.56. The quantitative estimate of drug-likeness (QED) is 0.345. The SMILES string of the molecule is N#Cc1ccc(-c2ccc(C#N)cc2-c2nc3ccccc3[nH]2)c(-c2nc3ccccc3[nH]2)c1. The van der Waals surface area contributed by atoms with Gasteiger partial charge in [-0.05, 0) is 59.7 Å². The molecule has 0 aliphatic heterocycles. The molecule has 6 nitrogen and oxygen atoms in total. The Labute approximate surface area is 194 Å². The molecule has 6 rings (SSSR count). The number of fused-ring (bicyclic) bond motifs is 2. The number of imidazole rings is 2. The van der Waals surface area contributed by atoms with Crippen molar-refractivity contribution in [3.05, 3.63) is 96.1 Å². The minimum absolute atomic E-state index is 0.540. The molecule has 4 aromatic carbocycles. The number of aromatic nitrogens is 4. The summed E-state index contributed by atoms with van der Waals surface area (Å²) >= 11 is 0. The normalized spacial score (nSPS) is 10.9. The second-order valence-corrected chi connectivity index (χ2v) is 7.95. The van der Waals surface area contributed by atoms with E-state index in [1.165, 1.54) is 0 Å². The lowest BCUT2D eigenvalue weighted by atomic mass is 9.92. The number of nitrogens with one attached hydrogen (secondary N) is 2. The lowest BCUT2D eigenvalue weighted by Gasteiger charge is -2.13. The molecular formula is C28H16N6. The highest BCUT2D eigenvalue weighted by Crippen LogP contribution is 2.38. The van der Waals surface area contributed by atoms with E-state index in [1.54, 1.807) is 12.1 Å². The largest absolute Gasteiger partial charge is 0.338 e. The number of aromatic amines is 2. The first-order valence-electron chi connectivity index (χ1n) is 10.7. The summed E-state index contributed by atoms with van der Waals surface area (Å²) in [6, 6.07) is 31.2. The zero-order valence-corrected chi connectivity index (χ0v) is 17.9. The third kappa shape index (κ3) is 3.19. The van der Waals surface area contributed by atoms with E-state index in [0.29, 0.717) is 22.8 Å². The highest BCUT2D eigenvalue weighted by Gasteiger charge is 2.18. The summed E-state index contributed by atoms with van der Waals surface area (Å²) in [6.45, 7) is 0. The maximum absolute atomic E-state index is 9.56. The van der Waals surface area contributed by atoms with E-state index in [1.807, 2.05) is 72.8 Å². The van der Waals surface area contributed by atoms with Gasteiger partial charge in [-0.2, -0.15) is 10.5 Å². The Bertz CT molecular complexity index is 1590. The third-order valence-electron chi connectivity index (χ3n) is 5.88. The number of nitrogens with zero attached hydrogens (tertiary/aromatic N) is 4. The van der Waals surface area contributed by atoms with Crippen LogP contribution in [0, 0.1) is 22.7 Å². The topological polar surface area (TPSA) is 105 Å². The molecule has 0 aliphatic rings. The van der Waals surface area contributed by atoms with Gasteiger partial charge in [0.1, 0.15) is 11.6 Å². The van der Waals surface area contributed by atoms with E-state index in [0.717, 1.165) is 44.3 Å². The summed E-state index contributed by atoms with van der Waals surface area (Å²) < 4.78 is 0. The molecule has 0 unspecified atom stereocenters. The predicted molar refractivity (Wildman–Crippen MR) is 131 cm³/mol. The van der Waals surface area contributed by atoms with Crippen LogP contribution in [0.4, 0.5) is 0 Å². The first-order chi connectivity index (χ1) is 16.7. The van der Waals surface area contributed by atoms with Gasteiger partial charge in [-0.1, -0.05) is 36.4 Å². The molecule has 6 heteroatoms. The van der Waals surface area contributed by atoms with Crippen molar-refractivity contribution in [1.82, 2.24) is 19.9 Å². The van der Waals surface area contributed by atoms with Crippen LogP contribution in [0.1, 0.15) is 11.1 Å². The summed E-state index contributed by atoms with van der Waals surface area (Å²) in [7, 11) is 0. The maximum Gasteiger partial charge on any atom is 0.139 e. The van der Waals surface area contributed by atoms with Crippen LogP contribution in [0.2, 0.25) is 0 Å².